The number of carbonyl (C=O) groups excluding carboxylic acids is 1. The molecule has 0 aromatic rings. The van der Waals surface area contributed by atoms with Crippen molar-refractivity contribution in [3.63, 3.8) is 0 Å². The molecule has 9 heteroatoms. The van der Waals surface area contributed by atoms with Crippen LogP contribution >= 0.6 is 0 Å². The molecule has 0 rings (SSSR count). The van der Waals surface area contributed by atoms with Crippen molar-refractivity contribution >= 4 is 11.9 Å². The first-order chi connectivity index (χ1) is 8.04. The molecule has 0 aliphatic rings. The fourth-order valence-corrected chi connectivity index (χ4v) is 1.04. The van der Waals surface area contributed by atoms with Gasteiger partial charge in [0.2, 0.25) is 0 Å². The Balaban J connectivity index is 4.75. The number of amides is 1. The summed E-state index contributed by atoms with van der Waals surface area (Å²) < 4.78 is 60.6. The number of carbonyl (C=O) groups is 2. The van der Waals surface area contributed by atoms with Crippen LogP contribution in [0.15, 0.2) is 0 Å². The van der Waals surface area contributed by atoms with Crippen LogP contribution in [0.2, 0.25) is 0 Å². The van der Waals surface area contributed by atoms with Crippen molar-refractivity contribution in [2.24, 2.45) is 0 Å². The highest BCUT2D eigenvalue weighted by Crippen LogP contribution is 2.35. The molecular weight excluding hydrogens is 265 g/mol. The van der Waals surface area contributed by atoms with Crippen LogP contribution in [-0.4, -0.2) is 35.1 Å². The number of alkyl halides is 5. The fraction of sp³-hybridized carbons (Fsp3) is 0.778. The van der Waals surface area contributed by atoms with Crippen LogP contribution in [0.3, 0.4) is 0 Å². The molecule has 1 atom stereocenters. The quantitative estimate of drug-likeness (QED) is 0.729. The lowest BCUT2D eigenvalue weighted by Gasteiger charge is -2.21. The smallest absolute Gasteiger partial charge is 0.463 e. The first-order valence-electron chi connectivity index (χ1n) is 5.02. The SMILES string of the molecule is CCCC[C@H](NC(=O)C(F)(F)C(F)(F)F)C(=O)O. The minimum Gasteiger partial charge on any atom is -0.480 e. The Morgan fingerprint density at radius 1 is 1.22 bits per heavy atom. The van der Waals surface area contributed by atoms with Gasteiger partial charge in [-0.3, -0.25) is 4.79 Å². The molecule has 0 aromatic carbocycles. The highest BCUT2D eigenvalue weighted by molar-refractivity contribution is 5.88. The zero-order valence-corrected chi connectivity index (χ0v) is 9.35. The lowest BCUT2D eigenvalue weighted by atomic mass is 10.1. The Kier molecular flexibility index (Phi) is 5.50. The van der Waals surface area contributed by atoms with Crippen molar-refractivity contribution in [2.45, 2.75) is 44.3 Å². The van der Waals surface area contributed by atoms with Crippen molar-refractivity contribution in [3.8, 4) is 0 Å². The molecule has 0 fully saturated rings. The molecule has 0 heterocycles. The number of rotatable bonds is 6. The van der Waals surface area contributed by atoms with Gasteiger partial charge in [-0.15, -0.1) is 0 Å². The second kappa shape index (κ2) is 5.96. The number of carboxylic acids is 1. The van der Waals surface area contributed by atoms with Gasteiger partial charge in [0.1, 0.15) is 6.04 Å². The van der Waals surface area contributed by atoms with Crippen molar-refractivity contribution in [2.75, 3.05) is 0 Å². The second-order valence-electron chi connectivity index (χ2n) is 3.58. The van der Waals surface area contributed by atoms with Gasteiger partial charge in [0, 0.05) is 0 Å². The van der Waals surface area contributed by atoms with Crippen LogP contribution in [0.1, 0.15) is 26.2 Å². The van der Waals surface area contributed by atoms with E-state index in [1.807, 2.05) is 0 Å². The predicted octanol–water partition coefficient (Wildman–Crippen LogP) is 1.94. The van der Waals surface area contributed by atoms with E-state index < -0.39 is 30.0 Å². The number of unbranched alkanes of at least 4 members (excludes halogenated alkanes) is 1. The molecule has 0 aliphatic carbocycles. The van der Waals surface area contributed by atoms with Crippen molar-refractivity contribution in [3.05, 3.63) is 0 Å². The summed E-state index contributed by atoms with van der Waals surface area (Å²) in [5.41, 5.74) is 0. The molecule has 1 amide bonds. The molecule has 0 aliphatic heterocycles. The lowest BCUT2D eigenvalue weighted by Crippen LogP contribution is -2.54. The third-order valence-corrected chi connectivity index (χ3v) is 2.09. The lowest BCUT2D eigenvalue weighted by molar-refractivity contribution is -0.270. The normalized spacial score (nSPS) is 14.1. The van der Waals surface area contributed by atoms with Crippen LogP contribution in [0.5, 0.6) is 0 Å². The topological polar surface area (TPSA) is 66.4 Å². The molecule has 18 heavy (non-hydrogen) atoms. The van der Waals surface area contributed by atoms with E-state index in [4.69, 9.17) is 5.11 Å². The molecule has 0 bridgehead atoms. The summed E-state index contributed by atoms with van der Waals surface area (Å²) >= 11 is 0. The van der Waals surface area contributed by atoms with E-state index in [2.05, 4.69) is 0 Å². The summed E-state index contributed by atoms with van der Waals surface area (Å²) in [4.78, 5) is 21.3. The maximum absolute atomic E-state index is 12.5. The van der Waals surface area contributed by atoms with Crippen LogP contribution in [-0.2, 0) is 9.59 Å². The molecule has 4 nitrogen and oxygen atoms in total. The van der Waals surface area contributed by atoms with Crippen LogP contribution in [0.25, 0.3) is 0 Å². The van der Waals surface area contributed by atoms with Crippen LogP contribution in [0, 0.1) is 0 Å². The van der Waals surface area contributed by atoms with E-state index in [0.29, 0.717) is 6.42 Å². The largest absolute Gasteiger partial charge is 0.480 e. The average molecular weight is 277 g/mol. The van der Waals surface area contributed by atoms with Crippen molar-refractivity contribution in [1.29, 1.82) is 0 Å². The van der Waals surface area contributed by atoms with Gasteiger partial charge in [0.05, 0.1) is 0 Å². The number of carboxylic acid groups (broad SMARTS) is 1. The Morgan fingerprint density at radius 2 is 1.72 bits per heavy atom. The van der Waals surface area contributed by atoms with Crippen molar-refractivity contribution in [1.82, 2.24) is 5.32 Å². The minimum absolute atomic E-state index is 0.217. The Hall–Kier alpha value is -1.41. The second-order valence-corrected chi connectivity index (χ2v) is 3.58. The van der Waals surface area contributed by atoms with Crippen LogP contribution in [0.4, 0.5) is 22.0 Å². The van der Waals surface area contributed by atoms with E-state index in [1.165, 1.54) is 5.32 Å². The van der Waals surface area contributed by atoms with E-state index >= 15 is 0 Å². The minimum atomic E-state index is -6.05. The van der Waals surface area contributed by atoms with E-state index in [1.54, 1.807) is 6.92 Å². The zero-order chi connectivity index (χ0) is 14.6. The summed E-state index contributed by atoms with van der Waals surface area (Å²) in [6, 6.07) is -1.76. The maximum Gasteiger partial charge on any atom is 0.463 e. The van der Waals surface area contributed by atoms with Gasteiger partial charge >= 0.3 is 24.0 Å². The summed E-state index contributed by atoms with van der Waals surface area (Å²) in [5.74, 6) is -9.92. The number of hydrogen-bond donors (Lipinski definition) is 2. The molecule has 0 saturated carbocycles. The Labute approximate surface area is 99.2 Å². The van der Waals surface area contributed by atoms with Gasteiger partial charge < -0.3 is 10.4 Å². The van der Waals surface area contributed by atoms with E-state index in [-0.39, 0.29) is 12.8 Å². The number of hydrogen-bond acceptors (Lipinski definition) is 2. The predicted molar refractivity (Wildman–Crippen MR) is 50.1 cm³/mol. The highest BCUT2D eigenvalue weighted by Gasteiger charge is 2.63. The molecule has 0 aromatic heterocycles. The first-order valence-corrected chi connectivity index (χ1v) is 5.02. The van der Waals surface area contributed by atoms with E-state index in [0.717, 1.165) is 0 Å². The first kappa shape index (κ1) is 16.6. The number of aliphatic carboxylic acids is 1. The standard InChI is InChI=1S/C9H12F5NO3/c1-2-3-4-5(6(16)17)15-7(18)8(10,11)9(12,13)14/h5H,2-4H2,1H3,(H,15,18)(H,16,17)/t5-/m0/s1. The van der Waals surface area contributed by atoms with Gasteiger partial charge in [0.25, 0.3) is 0 Å². The average Bonchev–Trinajstić information content (AvgIpc) is 2.21. The molecule has 0 saturated heterocycles. The fourth-order valence-electron chi connectivity index (χ4n) is 1.04. The monoisotopic (exact) mass is 277 g/mol. The van der Waals surface area contributed by atoms with Crippen molar-refractivity contribution < 1.29 is 36.6 Å². The number of halogens is 5. The third-order valence-electron chi connectivity index (χ3n) is 2.09. The van der Waals surface area contributed by atoms with Gasteiger partial charge in [-0.2, -0.15) is 22.0 Å². The number of nitrogens with one attached hydrogen (secondary N) is 1. The zero-order valence-electron chi connectivity index (χ0n) is 9.35. The van der Waals surface area contributed by atoms with Gasteiger partial charge in [-0.25, -0.2) is 4.79 Å². The third kappa shape index (κ3) is 4.11. The summed E-state index contributed by atoms with van der Waals surface area (Å²) in [6.45, 7) is 1.67. The molecule has 2 N–H and O–H groups in total. The highest BCUT2D eigenvalue weighted by atomic mass is 19.4. The molecule has 0 unspecified atom stereocenters. The van der Waals surface area contributed by atoms with Gasteiger partial charge in [-0.1, -0.05) is 19.8 Å². The molecule has 106 valence electrons. The van der Waals surface area contributed by atoms with Gasteiger partial charge in [0.15, 0.2) is 0 Å². The maximum atomic E-state index is 12.5. The molecule has 0 spiro atoms. The van der Waals surface area contributed by atoms with Gasteiger partial charge in [-0.05, 0) is 6.42 Å². The molecule has 0 radical (unpaired) electrons. The summed E-state index contributed by atoms with van der Waals surface area (Å²) in [7, 11) is 0. The Morgan fingerprint density at radius 3 is 2.06 bits per heavy atom. The van der Waals surface area contributed by atoms with Crippen LogP contribution < -0.4 is 5.32 Å². The Bertz CT molecular complexity index is 316. The van der Waals surface area contributed by atoms with E-state index in [9.17, 15) is 31.5 Å². The molecular formula is C9H12F5NO3. The summed E-state index contributed by atoms with van der Waals surface area (Å²) in [6.07, 6.45) is -5.49. The summed E-state index contributed by atoms with van der Waals surface area (Å²) in [5, 5.41) is 9.77.